The maximum Gasteiger partial charge on any atom is 0.222 e. The van der Waals surface area contributed by atoms with Crippen LogP contribution in [0.1, 0.15) is 51.9 Å². The van der Waals surface area contributed by atoms with E-state index in [2.05, 4.69) is 5.32 Å². The number of carbonyl (C=O) groups excluding carboxylic acids is 2. The van der Waals surface area contributed by atoms with E-state index in [1.54, 1.807) is 11.8 Å². The van der Waals surface area contributed by atoms with Crippen LogP contribution in [-0.4, -0.2) is 43.8 Å². The fourth-order valence-electron chi connectivity index (χ4n) is 1.78. The molecule has 1 amide bonds. The van der Waals surface area contributed by atoms with Crippen LogP contribution < -0.4 is 5.32 Å². The topological polar surface area (TPSA) is 49.4 Å². The lowest BCUT2D eigenvalue weighted by Gasteiger charge is -2.16. The zero-order valence-electron chi connectivity index (χ0n) is 12.1. The Morgan fingerprint density at radius 2 is 1.56 bits per heavy atom. The van der Waals surface area contributed by atoms with Gasteiger partial charge in [-0.25, -0.2) is 0 Å². The minimum atomic E-state index is 0.231. The fraction of sp³-hybridized carbons (Fsp3) is 0.857. The van der Waals surface area contributed by atoms with Crippen molar-refractivity contribution in [2.45, 2.75) is 51.9 Å². The molecule has 0 aliphatic heterocycles. The number of likely N-dealkylation sites (N-methyl/N-ethyl adjacent to an activating group) is 2. The lowest BCUT2D eigenvalue weighted by atomic mass is 10.1. The smallest absolute Gasteiger partial charge is 0.222 e. The predicted molar refractivity (Wildman–Crippen MR) is 74.6 cm³/mol. The molecule has 0 aliphatic carbocycles. The number of nitrogens with zero attached hydrogens (tertiary/aromatic N) is 1. The highest BCUT2D eigenvalue weighted by molar-refractivity contribution is 5.75. The summed E-state index contributed by atoms with van der Waals surface area (Å²) >= 11 is 0. The number of amides is 1. The van der Waals surface area contributed by atoms with Gasteiger partial charge < -0.3 is 15.0 Å². The number of Topliss-reactive ketones (excluding diaryl/α,β-unsaturated/α-hetero) is 1. The quantitative estimate of drug-likeness (QED) is 0.575. The summed E-state index contributed by atoms with van der Waals surface area (Å²) in [4.78, 5) is 24.2. The summed E-state index contributed by atoms with van der Waals surface area (Å²) in [5.74, 6) is 0.505. The number of rotatable bonds is 11. The summed E-state index contributed by atoms with van der Waals surface area (Å²) in [6.07, 6.45) is 6.61. The second-order valence-electron chi connectivity index (χ2n) is 4.89. The Morgan fingerprint density at radius 3 is 2.11 bits per heavy atom. The maximum atomic E-state index is 11.7. The van der Waals surface area contributed by atoms with Crippen molar-refractivity contribution in [2.75, 3.05) is 27.2 Å². The maximum absolute atomic E-state index is 11.7. The molecule has 0 atom stereocenters. The molecule has 0 radical (unpaired) electrons. The van der Waals surface area contributed by atoms with Gasteiger partial charge in [0.2, 0.25) is 5.91 Å². The molecule has 4 heteroatoms. The van der Waals surface area contributed by atoms with Gasteiger partial charge in [0.05, 0.1) is 0 Å². The second kappa shape index (κ2) is 11.2. The molecular weight excluding hydrogens is 228 g/mol. The lowest BCUT2D eigenvalue weighted by molar-refractivity contribution is -0.130. The molecule has 106 valence electrons. The van der Waals surface area contributed by atoms with Gasteiger partial charge in [0.25, 0.3) is 0 Å². The summed E-state index contributed by atoms with van der Waals surface area (Å²) < 4.78 is 0. The van der Waals surface area contributed by atoms with Crippen LogP contribution in [0.5, 0.6) is 0 Å². The van der Waals surface area contributed by atoms with Crippen molar-refractivity contribution in [3.63, 3.8) is 0 Å². The third-order valence-corrected chi connectivity index (χ3v) is 3.04. The van der Waals surface area contributed by atoms with Crippen molar-refractivity contribution in [3.8, 4) is 0 Å². The Bertz CT molecular complexity index is 242. The minimum absolute atomic E-state index is 0.231. The third-order valence-electron chi connectivity index (χ3n) is 3.04. The average molecular weight is 256 g/mol. The second-order valence-corrected chi connectivity index (χ2v) is 4.89. The van der Waals surface area contributed by atoms with E-state index in [1.165, 1.54) is 0 Å². The van der Waals surface area contributed by atoms with Gasteiger partial charge in [0.15, 0.2) is 0 Å². The van der Waals surface area contributed by atoms with Crippen LogP contribution in [0.2, 0.25) is 0 Å². The van der Waals surface area contributed by atoms with Gasteiger partial charge in [-0.1, -0.05) is 19.3 Å². The summed E-state index contributed by atoms with van der Waals surface area (Å²) in [5.41, 5.74) is 0. The molecule has 0 fully saturated rings. The predicted octanol–water partition coefficient (Wildman–Crippen LogP) is 1.98. The zero-order chi connectivity index (χ0) is 13.8. The van der Waals surface area contributed by atoms with Gasteiger partial charge in [-0.3, -0.25) is 4.79 Å². The van der Waals surface area contributed by atoms with Gasteiger partial charge in [-0.15, -0.1) is 0 Å². The van der Waals surface area contributed by atoms with E-state index in [0.717, 1.165) is 45.2 Å². The molecule has 0 aliphatic rings. The highest BCUT2D eigenvalue weighted by Crippen LogP contribution is 2.08. The molecule has 0 unspecified atom stereocenters. The Hall–Kier alpha value is -0.900. The molecule has 1 N–H and O–H groups in total. The van der Waals surface area contributed by atoms with Gasteiger partial charge in [-0.2, -0.15) is 0 Å². The number of carbonyl (C=O) groups is 2. The molecule has 4 nitrogen and oxygen atoms in total. The van der Waals surface area contributed by atoms with Crippen LogP contribution in [0, 0.1) is 0 Å². The van der Waals surface area contributed by atoms with Crippen LogP contribution in [-0.2, 0) is 9.59 Å². The van der Waals surface area contributed by atoms with Crippen molar-refractivity contribution in [3.05, 3.63) is 0 Å². The largest absolute Gasteiger partial charge is 0.344 e. The number of nitrogens with one attached hydrogen (secondary N) is 1. The first-order chi connectivity index (χ1) is 8.57. The monoisotopic (exact) mass is 256 g/mol. The molecule has 0 aromatic rings. The number of ketones is 1. The summed E-state index contributed by atoms with van der Waals surface area (Å²) in [7, 11) is 3.74. The number of hydrogen-bond acceptors (Lipinski definition) is 3. The normalized spacial score (nSPS) is 10.4. The van der Waals surface area contributed by atoms with Crippen molar-refractivity contribution < 1.29 is 9.59 Å². The third kappa shape index (κ3) is 10.3. The van der Waals surface area contributed by atoms with Gasteiger partial charge in [0.1, 0.15) is 5.78 Å². The van der Waals surface area contributed by atoms with E-state index in [-0.39, 0.29) is 11.7 Å². The van der Waals surface area contributed by atoms with E-state index in [4.69, 9.17) is 0 Å². The molecule has 0 bridgehead atoms. The average Bonchev–Trinajstić information content (AvgIpc) is 2.34. The molecule has 0 spiro atoms. The van der Waals surface area contributed by atoms with E-state index in [9.17, 15) is 9.59 Å². The first-order valence-electron chi connectivity index (χ1n) is 6.96. The summed E-state index contributed by atoms with van der Waals surface area (Å²) in [6, 6.07) is 0. The molecule has 18 heavy (non-hydrogen) atoms. The Kier molecular flexibility index (Phi) is 10.6. The van der Waals surface area contributed by atoms with Crippen LogP contribution in [0.4, 0.5) is 0 Å². The van der Waals surface area contributed by atoms with E-state index >= 15 is 0 Å². The molecule has 0 saturated heterocycles. The van der Waals surface area contributed by atoms with Crippen molar-refractivity contribution in [2.24, 2.45) is 0 Å². The van der Waals surface area contributed by atoms with E-state index in [0.29, 0.717) is 12.8 Å². The lowest BCUT2D eigenvalue weighted by Crippen LogP contribution is -2.32. The molecule has 0 rings (SSSR count). The van der Waals surface area contributed by atoms with Crippen molar-refractivity contribution >= 4 is 11.7 Å². The molecule has 0 aromatic heterocycles. The van der Waals surface area contributed by atoms with Crippen LogP contribution in [0.25, 0.3) is 0 Å². The standard InChI is InChI=1S/C14H28N2O2/c1-13(17)9-7-5-4-6-8-10-14(18)16(3)12-11-15-2/h15H,4-12H2,1-3H3. The van der Waals surface area contributed by atoms with E-state index < -0.39 is 0 Å². The minimum Gasteiger partial charge on any atom is -0.344 e. The highest BCUT2D eigenvalue weighted by atomic mass is 16.2. The first-order valence-corrected chi connectivity index (χ1v) is 6.96. The van der Waals surface area contributed by atoms with Crippen molar-refractivity contribution in [1.82, 2.24) is 10.2 Å². The number of unbranched alkanes of at least 4 members (excludes halogenated alkanes) is 4. The Balaban J connectivity index is 3.37. The van der Waals surface area contributed by atoms with Crippen molar-refractivity contribution in [1.29, 1.82) is 0 Å². The highest BCUT2D eigenvalue weighted by Gasteiger charge is 2.06. The van der Waals surface area contributed by atoms with Crippen LogP contribution in [0.3, 0.4) is 0 Å². The van der Waals surface area contributed by atoms with E-state index in [1.807, 2.05) is 14.1 Å². The Labute approximate surface area is 111 Å². The molecule has 0 saturated carbocycles. The van der Waals surface area contributed by atoms with Gasteiger partial charge in [-0.05, 0) is 26.8 Å². The molecule has 0 aromatic carbocycles. The molecule has 0 heterocycles. The molecular formula is C14H28N2O2. The first kappa shape index (κ1) is 17.1. The zero-order valence-corrected chi connectivity index (χ0v) is 12.1. The number of hydrogen-bond donors (Lipinski definition) is 1. The summed E-state index contributed by atoms with van der Waals surface area (Å²) in [6.45, 7) is 3.25. The van der Waals surface area contributed by atoms with Gasteiger partial charge in [0, 0.05) is 33.0 Å². The summed E-state index contributed by atoms with van der Waals surface area (Å²) in [5, 5.41) is 3.03. The fourth-order valence-corrected chi connectivity index (χ4v) is 1.78. The van der Waals surface area contributed by atoms with Crippen LogP contribution in [0.15, 0.2) is 0 Å². The van der Waals surface area contributed by atoms with Gasteiger partial charge >= 0.3 is 0 Å². The SMILES string of the molecule is CNCCN(C)C(=O)CCCCCCCC(C)=O. The van der Waals surface area contributed by atoms with Crippen LogP contribution >= 0.6 is 0 Å². The Morgan fingerprint density at radius 1 is 1.00 bits per heavy atom.